The molecule has 0 saturated heterocycles. The van der Waals surface area contributed by atoms with Gasteiger partial charge in [-0.1, -0.05) is 19.1 Å². The zero-order valence-corrected chi connectivity index (χ0v) is 14.6. The minimum Gasteiger partial charge on any atom is -0.497 e. The number of nitrogens with one attached hydrogen (secondary N) is 1. The van der Waals surface area contributed by atoms with Crippen LogP contribution in [-0.2, 0) is 11.8 Å². The summed E-state index contributed by atoms with van der Waals surface area (Å²) in [4.78, 5) is 40.1. The molecule has 1 N–H and O–H groups in total. The largest absolute Gasteiger partial charge is 0.497 e. The molecule has 2 aromatic rings. The van der Waals surface area contributed by atoms with Gasteiger partial charge in [0.1, 0.15) is 5.75 Å². The summed E-state index contributed by atoms with van der Waals surface area (Å²) < 4.78 is 5.27. The highest BCUT2D eigenvalue weighted by molar-refractivity contribution is 6.07. The molecule has 1 aliphatic carbocycles. The minimum atomic E-state index is -0.716. The van der Waals surface area contributed by atoms with E-state index in [1.807, 2.05) is 31.2 Å². The molecule has 0 bridgehead atoms. The van der Waals surface area contributed by atoms with Crippen LogP contribution in [-0.4, -0.2) is 23.7 Å². The summed E-state index contributed by atoms with van der Waals surface area (Å²) in [6.07, 6.45) is 1.39. The Balaban J connectivity index is 2.11. The van der Waals surface area contributed by atoms with Gasteiger partial charge in [-0.15, -0.1) is 0 Å². The van der Waals surface area contributed by atoms with Gasteiger partial charge in [0.05, 0.1) is 18.1 Å². The van der Waals surface area contributed by atoms with E-state index in [1.54, 1.807) is 14.0 Å². The number of hydrogen-bond donors (Lipinski definition) is 1. The van der Waals surface area contributed by atoms with Crippen molar-refractivity contribution >= 4 is 11.6 Å². The number of rotatable bonds is 4. The van der Waals surface area contributed by atoms with E-state index in [9.17, 15) is 14.4 Å². The molecular formula is C20H21NO4. The molecule has 25 heavy (non-hydrogen) atoms. The van der Waals surface area contributed by atoms with E-state index in [-0.39, 0.29) is 23.6 Å². The Kier molecular flexibility index (Phi) is 4.33. The van der Waals surface area contributed by atoms with Crippen molar-refractivity contribution in [3.63, 3.8) is 0 Å². The molecule has 0 saturated carbocycles. The van der Waals surface area contributed by atoms with E-state index in [0.717, 1.165) is 5.56 Å². The van der Waals surface area contributed by atoms with E-state index < -0.39 is 11.0 Å². The number of methoxy groups -OCH3 is 1. The highest BCUT2D eigenvalue weighted by Gasteiger charge is 2.41. The monoisotopic (exact) mass is 339 g/mol. The molecular weight excluding hydrogens is 318 g/mol. The second kappa shape index (κ2) is 6.31. The molecule has 0 spiro atoms. The number of Topliss-reactive ketones (excluding diaryl/α,β-unsaturated/α-hetero) is 2. The fourth-order valence-corrected chi connectivity index (χ4v) is 3.39. The van der Waals surface area contributed by atoms with Crippen molar-refractivity contribution in [2.75, 3.05) is 7.11 Å². The molecule has 0 radical (unpaired) electrons. The topological polar surface area (TPSA) is 76.2 Å². The quantitative estimate of drug-likeness (QED) is 0.869. The SMILES string of the molecule is CCC(=O)c1cc2c([nH]c1=O)CCC(C)(c1cccc(OC)c1)C2=O. The summed E-state index contributed by atoms with van der Waals surface area (Å²) in [5, 5.41) is 0. The van der Waals surface area contributed by atoms with Crippen LogP contribution in [0.5, 0.6) is 5.75 Å². The molecule has 0 amide bonds. The zero-order valence-electron chi connectivity index (χ0n) is 14.6. The van der Waals surface area contributed by atoms with Gasteiger partial charge in [-0.2, -0.15) is 0 Å². The molecule has 1 aromatic carbocycles. The minimum absolute atomic E-state index is 0.0597. The smallest absolute Gasteiger partial charge is 0.259 e. The number of ketones is 2. The van der Waals surface area contributed by atoms with Crippen LogP contribution in [0, 0.1) is 0 Å². The van der Waals surface area contributed by atoms with Crippen molar-refractivity contribution in [1.29, 1.82) is 0 Å². The highest BCUT2D eigenvalue weighted by atomic mass is 16.5. The summed E-state index contributed by atoms with van der Waals surface area (Å²) in [5.74, 6) is 0.356. The van der Waals surface area contributed by atoms with Crippen LogP contribution in [0.4, 0.5) is 0 Å². The average molecular weight is 339 g/mol. The van der Waals surface area contributed by atoms with Crippen molar-refractivity contribution in [2.45, 2.75) is 38.5 Å². The van der Waals surface area contributed by atoms with Gasteiger partial charge in [-0.25, -0.2) is 0 Å². The number of H-pyrrole nitrogens is 1. The Labute approximate surface area is 146 Å². The van der Waals surface area contributed by atoms with Crippen LogP contribution in [0.3, 0.4) is 0 Å². The highest BCUT2D eigenvalue weighted by Crippen LogP contribution is 2.38. The second-order valence-corrected chi connectivity index (χ2v) is 6.57. The summed E-state index contributed by atoms with van der Waals surface area (Å²) >= 11 is 0. The number of carbonyl (C=O) groups excluding carboxylic acids is 2. The van der Waals surface area contributed by atoms with Gasteiger partial charge >= 0.3 is 0 Å². The second-order valence-electron chi connectivity index (χ2n) is 6.57. The molecule has 3 rings (SSSR count). The van der Waals surface area contributed by atoms with Gasteiger partial charge in [-0.05, 0) is 43.5 Å². The van der Waals surface area contributed by atoms with E-state index in [0.29, 0.717) is 29.8 Å². The number of aryl methyl sites for hydroxylation is 1. The van der Waals surface area contributed by atoms with E-state index in [1.165, 1.54) is 6.07 Å². The number of hydrogen-bond acceptors (Lipinski definition) is 4. The summed E-state index contributed by atoms with van der Waals surface area (Å²) in [6, 6.07) is 8.95. The lowest BCUT2D eigenvalue weighted by Crippen LogP contribution is -2.39. The van der Waals surface area contributed by atoms with Crippen LogP contribution >= 0.6 is 0 Å². The normalized spacial score (nSPS) is 19.4. The third kappa shape index (κ3) is 2.80. The van der Waals surface area contributed by atoms with Gasteiger partial charge in [0, 0.05) is 17.7 Å². The van der Waals surface area contributed by atoms with Gasteiger partial charge < -0.3 is 9.72 Å². The summed E-state index contributed by atoms with van der Waals surface area (Å²) in [7, 11) is 1.59. The van der Waals surface area contributed by atoms with Gasteiger partial charge in [0.25, 0.3) is 5.56 Å². The molecule has 5 heteroatoms. The Bertz CT molecular complexity index is 912. The van der Waals surface area contributed by atoms with E-state index in [2.05, 4.69) is 4.98 Å². The van der Waals surface area contributed by atoms with E-state index in [4.69, 9.17) is 4.74 Å². The first-order valence-electron chi connectivity index (χ1n) is 8.39. The van der Waals surface area contributed by atoms with Crippen molar-refractivity contribution in [1.82, 2.24) is 4.98 Å². The number of benzene rings is 1. The lowest BCUT2D eigenvalue weighted by molar-refractivity contribution is 0.0874. The fraction of sp³-hybridized carbons (Fsp3) is 0.350. The first kappa shape index (κ1) is 17.1. The Morgan fingerprint density at radius 1 is 1.28 bits per heavy atom. The van der Waals surface area contributed by atoms with Gasteiger partial charge in [-0.3, -0.25) is 14.4 Å². The number of fused-ring (bicyclic) bond motifs is 1. The van der Waals surface area contributed by atoms with Crippen molar-refractivity contribution in [3.8, 4) is 5.75 Å². The molecule has 1 unspecified atom stereocenters. The molecule has 0 fully saturated rings. The van der Waals surface area contributed by atoms with Crippen molar-refractivity contribution < 1.29 is 14.3 Å². The number of pyridine rings is 1. The van der Waals surface area contributed by atoms with Gasteiger partial charge in [0.2, 0.25) is 0 Å². The number of aromatic amines is 1. The van der Waals surface area contributed by atoms with Crippen LogP contribution < -0.4 is 10.3 Å². The maximum atomic E-state index is 13.2. The predicted molar refractivity (Wildman–Crippen MR) is 94.7 cm³/mol. The Morgan fingerprint density at radius 2 is 2.04 bits per heavy atom. The summed E-state index contributed by atoms with van der Waals surface area (Å²) in [5.41, 5.74) is 0.854. The van der Waals surface area contributed by atoms with Crippen LogP contribution in [0.15, 0.2) is 35.1 Å². The third-order valence-corrected chi connectivity index (χ3v) is 5.07. The number of aromatic nitrogens is 1. The van der Waals surface area contributed by atoms with Gasteiger partial charge in [0.15, 0.2) is 11.6 Å². The molecule has 1 atom stereocenters. The van der Waals surface area contributed by atoms with Crippen LogP contribution in [0.2, 0.25) is 0 Å². The molecule has 130 valence electrons. The van der Waals surface area contributed by atoms with Crippen molar-refractivity contribution in [3.05, 3.63) is 63.1 Å². The maximum Gasteiger partial charge on any atom is 0.259 e. The van der Waals surface area contributed by atoms with Crippen molar-refractivity contribution in [2.24, 2.45) is 0 Å². The Morgan fingerprint density at radius 3 is 2.72 bits per heavy atom. The average Bonchev–Trinajstić information content (AvgIpc) is 2.64. The Hall–Kier alpha value is -2.69. The maximum absolute atomic E-state index is 13.2. The van der Waals surface area contributed by atoms with E-state index >= 15 is 0 Å². The standard InChI is InChI=1S/C20H21NO4/c1-4-17(22)15-11-14-16(21-19(15)24)8-9-20(2,18(14)23)12-6-5-7-13(10-12)25-3/h5-7,10-11H,4,8-9H2,1-3H3,(H,21,24). The molecule has 0 aliphatic heterocycles. The lowest BCUT2D eigenvalue weighted by atomic mass is 9.68. The van der Waals surface area contributed by atoms with Crippen LogP contribution in [0.1, 0.15) is 58.7 Å². The first-order valence-corrected chi connectivity index (χ1v) is 8.39. The first-order chi connectivity index (χ1) is 11.9. The zero-order chi connectivity index (χ0) is 18.2. The number of carbonyl (C=O) groups is 2. The third-order valence-electron chi connectivity index (χ3n) is 5.07. The molecule has 1 aliphatic rings. The molecule has 1 aromatic heterocycles. The predicted octanol–water partition coefficient (Wildman–Crippen LogP) is 3.06. The number of ether oxygens (including phenoxy) is 1. The van der Waals surface area contributed by atoms with Crippen LogP contribution in [0.25, 0.3) is 0 Å². The lowest BCUT2D eigenvalue weighted by Gasteiger charge is -2.33. The molecule has 1 heterocycles. The molecule has 5 nitrogen and oxygen atoms in total. The fourth-order valence-electron chi connectivity index (χ4n) is 3.39. The summed E-state index contributed by atoms with van der Waals surface area (Å²) in [6.45, 7) is 3.60.